The molecule has 0 radical (unpaired) electrons. The van der Waals surface area contributed by atoms with E-state index in [0.717, 1.165) is 18.7 Å². The normalized spacial score (nSPS) is 10.3. The maximum atomic E-state index is 9.52. The van der Waals surface area contributed by atoms with Crippen LogP contribution in [0.3, 0.4) is 0 Å². The summed E-state index contributed by atoms with van der Waals surface area (Å²) in [6.07, 6.45) is 46.5. The number of aliphatic hydroxyl groups excluding tert-OH is 2. The highest BCUT2D eigenvalue weighted by Crippen LogP contribution is 2.24. The molecule has 318 valence electrons. The predicted molar refractivity (Wildman–Crippen MR) is 245 cm³/mol. The Morgan fingerprint density at radius 3 is 0.942 bits per heavy atom. The largest absolute Gasteiger partial charge is 0.516 e. The lowest BCUT2D eigenvalue weighted by Crippen LogP contribution is -2.29. The summed E-state index contributed by atoms with van der Waals surface area (Å²) in [5.74, 6) is 1.01. The van der Waals surface area contributed by atoms with E-state index in [1.54, 1.807) is 0 Å². The van der Waals surface area contributed by atoms with Crippen molar-refractivity contribution in [1.29, 1.82) is 0 Å². The van der Waals surface area contributed by atoms with Crippen molar-refractivity contribution in [2.24, 2.45) is 5.92 Å². The lowest BCUT2D eigenvalue weighted by molar-refractivity contribution is -0.122. The average Bonchev–Trinajstić information content (AvgIpc) is 3.16. The molecule has 0 aromatic carbocycles. The highest BCUT2D eigenvalue weighted by molar-refractivity contribution is 14.1. The zero-order valence-electron chi connectivity index (χ0n) is 36.5. The first-order valence-corrected chi connectivity index (χ1v) is 24.8. The number of carbonyl (C=O) groups is 1. The van der Waals surface area contributed by atoms with Gasteiger partial charge in [-0.15, -0.1) is 0 Å². The number of halogens is 1. The van der Waals surface area contributed by atoms with Crippen molar-refractivity contribution in [3.8, 4) is 0 Å². The molecule has 52 heavy (non-hydrogen) atoms. The molecule has 0 aromatic rings. The number of hydrogen-bond acceptors (Lipinski definition) is 4. The van der Waals surface area contributed by atoms with Gasteiger partial charge in [-0.1, -0.05) is 256 Å². The molecule has 6 heteroatoms. The number of aliphatic hydroxyl groups is 2. The van der Waals surface area contributed by atoms with Crippen LogP contribution in [0, 0.1) is 5.92 Å². The molecule has 0 heterocycles. The highest BCUT2D eigenvalue weighted by atomic mass is 127. The van der Waals surface area contributed by atoms with Gasteiger partial charge in [-0.2, -0.15) is 0 Å². The standard InChI is InChI=1S/C40H83NO.C2H4O.C2H6.CH3I.CH2O2/c1-4-7-10-13-14-15-16-17-18-19-20-23-26-31-36-41(38-39-42)37-32-27-24-21-22-25-30-35-40(33-28-11-8-5-2)34-29-12-9-6-3;1-2-3;2*1-2;2-1-3/h40,42H,4-39H2,1-3H3;2-3H,1H2;1-2H3;1H3;1H,(H,2,3). The van der Waals surface area contributed by atoms with Crippen LogP contribution in [-0.2, 0) is 4.79 Å². The molecule has 0 spiro atoms. The van der Waals surface area contributed by atoms with Gasteiger partial charge in [0.2, 0.25) is 0 Å². The second-order valence-electron chi connectivity index (χ2n) is 14.3. The first kappa shape index (κ1) is 60.9. The summed E-state index contributed by atoms with van der Waals surface area (Å²) in [5, 5.41) is 23.7. The summed E-state index contributed by atoms with van der Waals surface area (Å²) in [4.78, 5) is 12.9. The Morgan fingerprint density at radius 1 is 0.481 bits per heavy atom. The number of carboxylic acid groups (broad SMARTS) is 1. The minimum absolute atomic E-state index is 0.250. The molecule has 0 aliphatic carbocycles. The Labute approximate surface area is 342 Å². The van der Waals surface area contributed by atoms with Crippen LogP contribution in [0.15, 0.2) is 12.8 Å². The Bertz CT molecular complexity index is 548. The summed E-state index contributed by atoms with van der Waals surface area (Å²) in [6, 6.07) is 0. The van der Waals surface area contributed by atoms with Crippen molar-refractivity contribution in [3.63, 3.8) is 0 Å². The van der Waals surface area contributed by atoms with Crippen molar-refractivity contribution < 1.29 is 20.1 Å². The van der Waals surface area contributed by atoms with Gasteiger partial charge in [-0.25, -0.2) is 0 Å². The Kier molecular flexibility index (Phi) is 76.8. The van der Waals surface area contributed by atoms with Crippen molar-refractivity contribution in [2.45, 2.75) is 240 Å². The second kappa shape index (κ2) is 65.5. The number of unbranched alkanes of at least 4 members (excludes halogenated alkanes) is 25. The Morgan fingerprint density at radius 2 is 0.692 bits per heavy atom. The molecule has 0 saturated heterocycles. The van der Waals surface area contributed by atoms with Gasteiger partial charge in [0.05, 0.1) is 12.9 Å². The quantitative estimate of drug-likeness (QED) is 0.0191. The summed E-state index contributed by atoms with van der Waals surface area (Å²) in [7, 11) is 0. The van der Waals surface area contributed by atoms with Crippen molar-refractivity contribution in [3.05, 3.63) is 12.8 Å². The number of hydrogen-bond donors (Lipinski definition) is 3. The fraction of sp³-hybridized carbons (Fsp3) is 0.935. The minimum Gasteiger partial charge on any atom is -0.516 e. The molecule has 3 N–H and O–H groups in total. The van der Waals surface area contributed by atoms with Gasteiger partial charge < -0.3 is 20.2 Å². The van der Waals surface area contributed by atoms with Gasteiger partial charge in [0.1, 0.15) is 0 Å². The molecule has 0 fully saturated rings. The van der Waals surface area contributed by atoms with Gasteiger partial charge in [0, 0.05) is 6.54 Å². The Balaban J connectivity index is -0.000000661. The fourth-order valence-corrected chi connectivity index (χ4v) is 6.81. The van der Waals surface area contributed by atoms with E-state index in [-0.39, 0.29) is 6.47 Å². The molecule has 5 nitrogen and oxygen atoms in total. The van der Waals surface area contributed by atoms with Gasteiger partial charge in [-0.05, 0) is 36.8 Å². The molecule has 0 aliphatic heterocycles. The van der Waals surface area contributed by atoms with E-state index in [4.69, 9.17) is 15.0 Å². The summed E-state index contributed by atoms with van der Waals surface area (Å²) >= 11 is 2.15. The first-order chi connectivity index (χ1) is 25.6. The number of alkyl halides is 1. The molecule has 0 unspecified atom stereocenters. The monoisotopic (exact) mass is 856 g/mol. The zero-order chi connectivity index (χ0) is 40.0. The van der Waals surface area contributed by atoms with E-state index in [2.05, 4.69) is 54.8 Å². The van der Waals surface area contributed by atoms with Crippen LogP contribution in [0.4, 0.5) is 0 Å². The summed E-state index contributed by atoms with van der Waals surface area (Å²) in [6.45, 7) is 17.2. The van der Waals surface area contributed by atoms with Gasteiger partial charge in [0.25, 0.3) is 6.47 Å². The highest BCUT2D eigenvalue weighted by Gasteiger charge is 2.09. The number of nitrogens with zero attached hydrogens (tertiary/aromatic N) is 1. The van der Waals surface area contributed by atoms with Crippen LogP contribution in [-0.4, -0.2) is 57.9 Å². The van der Waals surface area contributed by atoms with E-state index < -0.39 is 0 Å². The predicted octanol–water partition coefficient (Wildman–Crippen LogP) is 15.9. The van der Waals surface area contributed by atoms with Gasteiger partial charge >= 0.3 is 0 Å². The third kappa shape index (κ3) is 64.6. The topological polar surface area (TPSA) is 81.0 Å². The smallest absolute Gasteiger partial charge is 0.290 e. The molecular weight excluding hydrogens is 757 g/mol. The molecule has 0 aromatic heterocycles. The van der Waals surface area contributed by atoms with Crippen LogP contribution in [0.25, 0.3) is 0 Å². The van der Waals surface area contributed by atoms with E-state index in [0.29, 0.717) is 6.61 Å². The van der Waals surface area contributed by atoms with Crippen LogP contribution in [0.2, 0.25) is 0 Å². The van der Waals surface area contributed by atoms with Crippen LogP contribution < -0.4 is 0 Å². The summed E-state index contributed by atoms with van der Waals surface area (Å²) < 4.78 is 0. The van der Waals surface area contributed by atoms with Gasteiger partial charge in [-0.3, -0.25) is 4.79 Å². The van der Waals surface area contributed by atoms with Gasteiger partial charge in [0.15, 0.2) is 0 Å². The van der Waals surface area contributed by atoms with Crippen molar-refractivity contribution >= 4 is 29.1 Å². The molecule has 0 atom stereocenters. The third-order valence-electron chi connectivity index (χ3n) is 9.76. The SMILES string of the molecule is C=CO.CC.CCCCCCCCCCCCCCCCN(CCO)CCCCCCCCCC(CCCCCC)CCCCCC.CI.O=CO. The number of rotatable bonds is 37. The van der Waals surface area contributed by atoms with E-state index >= 15 is 0 Å². The first-order valence-electron chi connectivity index (χ1n) is 22.6. The average molecular weight is 856 g/mol. The zero-order valence-corrected chi connectivity index (χ0v) is 38.6. The molecular formula is C46H98INO4. The molecule has 0 aliphatic rings. The van der Waals surface area contributed by atoms with Crippen molar-refractivity contribution in [2.75, 3.05) is 31.2 Å². The maximum absolute atomic E-state index is 9.52. The van der Waals surface area contributed by atoms with E-state index in [1.165, 1.54) is 219 Å². The lowest BCUT2D eigenvalue weighted by atomic mass is 9.89. The maximum Gasteiger partial charge on any atom is 0.290 e. The molecule has 0 rings (SSSR count). The molecule has 0 amide bonds. The van der Waals surface area contributed by atoms with Crippen LogP contribution in [0.1, 0.15) is 240 Å². The van der Waals surface area contributed by atoms with E-state index in [1.807, 2.05) is 18.8 Å². The van der Waals surface area contributed by atoms with Crippen LogP contribution >= 0.6 is 22.6 Å². The van der Waals surface area contributed by atoms with Crippen LogP contribution in [0.5, 0.6) is 0 Å². The lowest BCUT2D eigenvalue weighted by Gasteiger charge is -2.21. The minimum atomic E-state index is -0.250. The molecule has 0 saturated carbocycles. The summed E-state index contributed by atoms with van der Waals surface area (Å²) in [5.41, 5.74) is 0. The van der Waals surface area contributed by atoms with E-state index in [9.17, 15) is 5.11 Å². The second-order valence-corrected chi connectivity index (χ2v) is 14.3. The molecule has 0 bridgehead atoms. The Hall–Kier alpha value is -0.340. The van der Waals surface area contributed by atoms with Crippen molar-refractivity contribution in [1.82, 2.24) is 4.90 Å². The fourth-order valence-electron chi connectivity index (χ4n) is 6.81. The third-order valence-corrected chi connectivity index (χ3v) is 9.76.